The quantitative estimate of drug-likeness (QED) is 0.844. The number of rotatable bonds is 3. The molecule has 1 unspecified atom stereocenters. The van der Waals surface area contributed by atoms with Crippen molar-refractivity contribution in [3.05, 3.63) is 17.2 Å². The number of H-pyrrole nitrogens is 1. The first-order valence-corrected chi connectivity index (χ1v) is 6.52. The van der Waals surface area contributed by atoms with Gasteiger partial charge in [-0.15, -0.1) is 0 Å². The second-order valence-corrected chi connectivity index (χ2v) is 5.70. The Labute approximate surface area is 98.9 Å². The molecule has 1 fully saturated rings. The molecule has 1 atom stereocenters. The first-order chi connectivity index (χ1) is 7.51. The van der Waals surface area contributed by atoms with E-state index in [9.17, 15) is 4.79 Å². The molecule has 88 valence electrons. The van der Waals surface area contributed by atoms with E-state index in [1.54, 1.807) is 0 Å². The smallest absolute Gasteiger partial charge is 0.309 e. The monoisotopic (exact) mass is 240 g/mol. The summed E-state index contributed by atoms with van der Waals surface area (Å²) in [5.74, 6) is 2.34. The molecule has 0 spiro atoms. The fourth-order valence-electron chi connectivity index (χ4n) is 1.95. The first kappa shape index (κ1) is 11.5. The molecule has 5 heteroatoms. The number of aryl methyl sites for hydroxylation is 1. The maximum Gasteiger partial charge on any atom is 0.309 e. The summed E-state index contributed by atoms with van der Waals surface area (Å²) in [4.78, 5) is 18.4. The Morgan fingerprint density at radius 3 is 3.00 bits per heavy atom. The molecular weight excluding hydrogens is 224 g/mol. The van der Waals surface area contributed by atoms with Crippen molar-refractivity contribution in [3.63, 3.8) is 0 Å². The molecule has 0 bridgehead atoms. The number of nitrogens with zero attached hydrogens (tertiary/aromatic N) is 1. The topological polar surface area (TPSA) is 66.0 Å². The number of carbonyl (C=O) groups is 1. The Balaban J connectivity index is 2.26. The van der Waals surface area contributed by atoms with Crippen LogP contribution in [0.1, 0.15) is 30.6 Å². The van der Waals surface area contributed by atoms with E-state index in [-0.39, 0.29) is 11.8 Å². The first-order valence-electron chi connectivity index (χ1n) is 5.37. The third kappa shape index (κ3) is 2.09. The van der Waals surface area contributed by atoms with Gasteiger partial charge in [0.05, 0.1) is 12.1 Å². The van der Waals surface area contributed by atoms with Gasteiger partial charge in [0, 0.05) is 16.9 Å². The maximum absolute atomic E-state index is 10.7. The van der Waals surface area contributed by atoms with Crippen molar-refractivity contribution >= 4 is 17.7 Å². The highest BCUT2D eigenvalue weighted by Crippen LogP contribution is 2.37. The predicted molar refractivity (Wildman–Crippen MR) is 64.0 cm³/mol. The molecule has 0 saturated carbocycles. The highest BCUT2D eigenvalue weighted by atomic mass is 32.2. The van der Waals surface area contributed by atoms with E-state index in [2.05, 4.69) is 16.9 Å². The van der Waals surface area contributed by atoms with Crippen molar-refractivity contribution in [3.8, 4) is 0 Å². The van der Waals surface area contributed by atoms with Gasteiger partial charge in [-0.25, -0.2) is 4.98 Å². The number of hydrogen-bond donors (Lipinski definition) is 2. The molecule has 1 aromatic heterocycles. The van der Waals surface area contributed by atoms with Crippen LogP contribution in [0.5, 0.6) is 0 Å². The number of hydrogen-bond acceptors (Lipinski definition) is 3. The fourth-order valence-corrected chi connectivity index (χ4v) is 3.42. The summed E-state index contributed by atoms with van der Waals surface area (Å²) in [6.07, 6.45) is 1.11. The minimum atomic E-state index is -0.827. The van der Waals surface area contributed by atoms with Gasteiger partial charge in [-0.2, -0.15) is 11.8 Å². The van der Waals surface area contributed by atoms with E-state index >= 15 is 0 Å². The molecule has 4 nitrogen and oxygen atoms in total. The van der Waals surface area contributed by atoms with Gasteiger partial charge in [0.1, 0.15) is 5.82 Å². The number of carboxylic acid groups (broad SMARTS) is 1. The van der Waals surface area contributed by atoms with Gasteiger partial charge >= 0.3 is 5.97 Å². The van der Waals surface area contributed by atoms with Gasteiger partial charge in [0.25, 0.3) is 0 Å². The molecule has 1 aliphatic rings. The molecule has 1 aromatic rings. The van der Waals surface area contributed by atoms with Gasteiger partial charge in [0.15, 0.2) is 0 Å². The van der Waals surface area contributed by atoms with Crippen LogP contribution < -0.4 is 0 Å². The van der Waals surface area contributed by atoms with E-state index in [4.69, 9.17) is 5.11 Å². The lowest BCUT2D eigenvalue weighted by Gasteiger charge is -2.19. The number of thioether (sulfide) groups is 1. The molecule has 2 rings (SSSR count). The van der Waals surface area contributed by atoms with E-state index in [0.29, 0.717) is 5.69 Å². The Hall–Kier alpha value is -0.970. The molecule has 0 aromatic carbocycles. The average Bonchev–Trinajstić information content (AvgIpc) is 2.75. The highest BCUT2D eigenvalue weighted by molar-refractivity contribution is 7.99. The van der Waals surface area contributed by atoms with Crippen LogP contribution in [-0.4, -0.2) is 32.5 Å². The lowest BCUT2D eigenvalue weighted by atomic mass is 9.89. The summed E-state index contributed by atoms with van der Waals surface area (Å²) in [5.41, 5.74) is 1.64. The lowest BCUT2D eigenvalue weighted by Crippen LogP contribution is -2.22. The normalized spacial score (nSPS) is 24.9. The minimum Gasteiger partial charge on any atom is -0.481 e. The number of aromatic amines is 1. The van der Waals surface area contributed by atoms with Crippen LogP contribution in [0.4, 0.5) is 0 Å². The number of nitrogens with one attached hydrogen (secondary N) is 1. The third-order valence-corrected chi connectivity index (χ3v) is 4.43. The molecule has 2 heterocycles. The SMILES string of the molecule is Cc1[nH]c(C2(C)CCSC2)nc1CC(=O)O. The summed E-state index contributed by atoms with van der Waals surface area (Å²) in [6, 6.07) is 0. The maximum atomic E-state index is 10.7. The van der Waals surface area contributed by atoms with Gasteiger partial charge in [-0.3, -0.25) is 4.79 Å². The van der Waals surface area contributed by atoms with Crippen molar-refractivity contribution in [2.45, 2.75) is 32.1 Å². The minimum absolute atomic E-state index is 0.00551. The van der Waals surface area contributed by atoms with E-state index in [1.807, 2.05) is 18.7 Å². The molecule has 2 N–H and O–H groups in total. The van der Waals surface area contributed by atoms with Crippen molar-refractivity contribution < 1.29 is 9.90 Å². The van der Waals surface area contributed by atoms with Crippen molar-refractivity contribution in [1.82, 2.24) is 9.97 Å². The second-order valence-electron chi connectivity index (χ2n) is 4.59. The zero-order valence-electron chi connectivity index (χ0n) is 9.54. The van der Waals surface area contributed by atoms with Crippen molar-refractivity contribution in [2.75, 3.05) is 11.5 Å². The van der Waals surface area contributed by atoms with Crippen molar-refractivity contribution in [2.24, 2.45) is 0 Å². The summed E-state index contributed by atoms with van der Waals surface area (Å²) in [5, 5.41) is 8.77. The highest BCUT2D eigenvalue weighted by Gasteiger charge is 2.34. The Morgan fingerprint density at radius 1 is 1.69 bits per heavy atom. The average molecular weight is 240 g/mol. The lowest BCUT2D eigenvalue weighted by molar-refractivity contribution is -0.136. The Morgan fingerprint density at radius 2 is 2.44 bits per heavy atom. The van der Waals surface area contributed by atoms with Crippen LogP contribution in [0.15, 0.2) is 0 Å². The Kier molecular flexibility index (Phi) is 2.97. The summed E-state index contributed by atoms with van der Waals surface area (Å²) >= 11 is 1.93. The molecule has 16 heavy (non-hydrogen) atoms. The molecular formula is C11H16N2O2S. The van der Waals surface area contributed by atoms with E-state index < -0.39 is 5.97 Å². The zero-order valence-corrected chi connectivity index (χ0v) is 10.4. The van der Waals surface area contributed by atoms with E-state index in [1.165, 1.54) is 0 Å². The van der Waals surface area contributed by atoms with Crippen LogP contribution in [0.3, 0.4) is 0 Å². The summed E-state index contributed by atoms with van der Waals surface area (Å²) < 4.78 is 0. The van der Waals surface area contributed by atoms with Crippen LogP contribution >= 0.6 is 11.8 Å². The van der Waals surface area contributed by atoms with Crippen LogP contribution in [0.2, 0.25) is 0 Å². The Bertz CT molecular complexity index is 408. The van der Waals surface area contributed by atoms with E-state index in [0.717, 1.165) is 29.4 Å². The zero-order chi connectivity index (χ0) is 11.8. The number of carboxylic acids is 1. The van der Waals surface area contributed by atoms with Crippen molar-refractivity contribution in [1.29, 1.82) is 0 Å². The molecule has 1 aliphatic heterocycles. The van der Waals surface area contributed by atoms with Crippen LogP contribution in [0.25, 0.3) is 0 Å². The van der Waals surface area contributed by atoms with Gasteiger partial charge < -0.3 is 10.1 Å². The van der Waals surface area contributed by atoms with Gasteiger partial charge in [-0.05, 0) is 19.1 Å². The van der Waals surface area contributed by atoms with Crippen LogP contribution in [0, 0.1) is 6.92 Å². The number of aliphatic carboxylic acids is 1. The predicted octanol–water partition coefficient (Wildman–Crippen LogP) is 1.74. The molecule has 0 amide bonds. The number of imidazole rings is 1. The van der Waals surface area contributed by atoms with Crippen LogP contribution in [-0.2, 0) is 16.6 Å². The number of aromatic nitrogens is 2. The summed E-state index contributed by atoms with van der Waals surface area (Å²) in [6.45, 7) is 4.08. The van der Waals surface area contributed by atoms with Gasteiger partial charge in [-0.1, -0.05) is 6.92 Å². The fraction of sp³-hybridized carbons (Fsp3) is 0.636. The third-order valence-electron chi connectivity index (χ3n) is 3.09. The molecule has 0 radical (unpaired) electrons. The standard InChI is InChI=1S/C11H16N2O2S/c1-7-8(5-9(14)15)13-10(12-7)11(2)3-4-16-6-11/h3-6H2,1-2H3,(H,12,13)(H,14,15). The second kappa shape index (κ2) is 4.13. The molecule has 1 saturated heterocycles. The van der Waals surface area contributed by atoms with Gasteiger partial charge in [0.2, 0.25) is 0 Å². The molecule has 0 aliphatic carbocycles. The summed E-state index contributed by atoms with van der Waals surface area (Å²) in [7, 11) is 0. The largest absolute Gasteiger partial charge is 0.481 e.